The summed E-state index contributed by atoms with van der Waals surface area (Å²) < 4.78 is 5.19. The van der Waals surface area contributed by atoms with Crippen LogP contribution in [0.25, 0.3) is 0 Å². The van der Waals surface area contributed by atoms with Crippen molar-refractivity contribution in [1.82, 2.24) is 5.32 Å². The van der Waals surface area contributed by atoms with E-state index in [0.717, 1.165) is 13.0 Å². The van der Waals surface area contributed by atoms with Crippen LogP contribution in [0.5, 0.6) is 0 Å². The van der Waals surface area contributed by atoms with E-state index in [-0.39, 0.29) is 0 Å². The van der Waals surface area contributed by atoms with Gasteiger partial charge in [0, 0.05) is 19.2 Å². The molecule has 0 aliphatic carbocycles. The van der Waals surface area contributed by atoms with E-state index in [1.807, 2.05) is 0 Å². The molecule has 0 heterocycles. The minimum absolute atomic E-state index is 0.375. The van der Waals surface area contributed by atoms with Gasteiger partial charge in [-0.05, 0) is 25.8 Å². The molecule has 2 atom stereocenters. The lowest BCUT2D eigenvalue weighted by atomic mass is 10.0. The third-order valence-electron chi connectivity index (χ3n) is 2.89. The number of rotatable bonds is 6. The van der Waals surface area contributed by atoms with Gasteiger partial charge in [0.05, 0.1) is 6.61 Å². The lowest BCUT2D eigenvalue weighted by Crippen LogP contribution is -2.34. The zero-order valence-electron chi connectivity index (χ0n) is 10.8. The average molecular weight is 221 g/mol. The maximum absolute atomic E-state index is 5.19. The number of nitrogens with one attached hydrogen (secondary N) is 1. The smallest absolute Gasteiger partial charge is 0.0615 e. The molecule has 0 bridgehead atoms. The zero-order chi connectivity index (χ0) is 12.0. The Hall–Kier alpha value is -0.860. The largest absolute Gasteiger partial charge is 0.383 e. The SMILES string of the molecule is CCC(COC)N[C@@H](C)c1cccc(C)c1. The van der Waals surface area contributed by atoms with Crippen molar-refractivity contribution in [2.24, 2.45) is 0 Å². The highest BCUT2D eigenvalue weighted by molar-refractivity contribution is 5.24. The molecule has 0 aromatic heterocycles. The minimum atomic E-state index is 0.375. The lowest BCUT2D eigenvalue weighted by Gasteiger charge is -2.22. The fourth-order valence-electron chi connectivity index (χ4n) is 1.87. The highest BCUT2D eigenvalue weighted by Crippen LogP contribution is 2.15. The zero-order valence-corrected chi connectivity index (χ0v) is 10.8. The summed E-state index contributed by atoms with van der Waals surface area (Å²) in [5, 5.41) is 3.59. The van der Waals surface area contributed by atoms with Crippen LogP contribution in [-0.4, -0.2) is 19.8 Å². The van der Waals surface area contributed by atoms with Gasteiger partial charge in [0.2, 0.25) is 0 Å². The first kappa shape index (κ1) is 13.2. The molecule has 2 nitrogen and oxygen atoms in total. The van der Waals surface area contributed by atoms with E-state index in [2.05, 4.69) is 50.4 Å². The molecule has 0 saturated carbocycles. The molecule has 16 heavy (non-hydrogen) atoms. The summed E-state index contributed by atoms with van der Waals surface area (Å²) in [5.41, 5.74) is 2.65. The molecule has 0 saturated heterocycles. The number of hydrogen-bond donors (Lipinski definition) is 1. The van der Waals surface area contributed by atoms with Crippen LogP contribution in [0, 0.1) is 6.92 Å². The van der Waals surface area contributed by atoms with Crippen LogP contribution in [-0.2, 0) is 4.74 Å². The van der Waals surface area contributed by atoms with Crippen LogP contribution in [0.1, 0.15) is 37.4 Å². The fraction of sp³-hybridized carbons (Fsp3) is 0.571. The van der Waals surface area contributed by atoms with E-state index in [1.165, 1.54) is 11.1 Å². The first-order valence-electron chi connectivity index (χ1n) is 5.99. The summed E-state index contributed by atoms with van der Waals surface area (Å²) in [4.78, 5) is 0. The molecule has 0 radical (unpaired) electrons. The van der Waals surface area contributed by atoms with Crippen LogP contribution in [0.4, 0.5) is 0 Å². The molecule has 90 valence electrons. The molecule has 1 N–H and O–H groups in total. The van der Waals surface area contributed by atoms with Crippen molar-refractivity contribution in [1.29, 1.82) is 0 Å². The van der Waals surface area contributed by atoms with Gasteiger partial charge in [-0.3, -0.25) is 0 Å². The summed E-state index contributed by atoms with van der Waals surface area (Å²) in [5.74, 6) is 0. The minimum Gasteiger partial charge on any atom is -0.383 e. The van der Waals surface area contributed by atoms with Crippen molar-refractivity contribution in [2.75, 3.05) is 13.7 Å². The molecule has 2 heteroatoms. The van der Waals surface area contributed by atoms with Gasteiger partial charge in [-0.15, -0.1) is 0 Å². The maximum atomic E-state index is 5.19. The second-order valence-corrected chi connectivity index (χ2v) is 4.36. The second-order valence-electron chi connectivity index (χ2n) is 4.36. The van der Waals surface area contributed by atoms with Gasteiger partial charge < -0.3 is 10.1 Å². The number of ether oxygens (including phenoxy) is 1. The van der Waals surface area contributed by atoms with Crippen molar-refractivity contribution >= 4 is 0 Å². The van der Waals surface area contributed by atoms with Crippen LogP contribution in [0.15, 0.2) is 24.3 Å². The van der Waals surface area contributed by atoms with E-state index in [9.17, 15) is 0 Å². The lowest BCUT2D eigenvalue weighted by molar-refractivity contribution is 0.159. The van der Waals surface area contributed by atoms with Gasteiger partial charge in [-0.2, -0.15) is 0 Å². The Morgan fingerprint density at radius 1 is 1.38 bits per heavy atom. The third kappa shape index (κ3) is 3.95. The number of benzene rings is 1. The number of aryl methyl sites for hydroxylation is 1. The first-order chi connectivity index (χ1) is 7.67. The molecule has 0 spiro atoms. The average Bonchev–Trinajstić information content (AvgIpc) is 2.28. The quantitative estimate of drug-likeness (QED) is 0.797. The van der Waals surface area contributed by atoms with E-state index in [0.29, 0.717) is 12.1 Å². The molecular weight excluding hydrogens is 198 g/mol. The molecule has 1 aromatic carbocycles. The molecule has 1 rings (SSSR count). The Bertz CT molecular complexity index is 311. The van der Waals surface area contributed by atoms with Crippen molar-refractivity contribution in [2.45, 2.75) is 39.3 Å². The first-order valence-corrected chi connectivity index (χ1v) is 5.99. The molecule has 0 fully saturated rings. The van der Waals surface area contributed by atoms with Crippen LogP contribution in [0.2, 0.25) is 0 Å². The molecule has 1 aromatic rings. The number of hydrogen-bond acceptors (Lipinski definition) is 2. The number of methoxy groups -OCH3 is 1. The Labute approximate surface area is 99.0 Å². The predicted octanol–water partition coefficient (Wildman–Crippen LogP) is 3.07. The Morgan fingerprint density at radius 2 is 2.12 bits per heavy atom. The summed E-state index contributed by atoms with van der Waals surface area (Å²) in [6, 6.07) is 9.45. The highest BCUT2D eigenvalue weighted by Gasteiger charge is 2.11. The normalized spacial score (nSPS) is 14.8. The van der Waals surface area contributed by atoms with E-state index in [4.69, 9.17) is 4.74 Å². The standard InChI is InChI=1S/C14H23NO/c1-5-14(10-16-4)15-12(3)13-8-6-7-11(2)9-13/h6-9,12,14-15H,5,10H2,1-4H3/t12-,14?/m0/s1. The van der Waals surface area contributed by atoms with E-state index < -0.39 is 0 Å². The van der Waals surface area contributed by atoms with Crippen LogP contribution in [0.3, 0.4) is 0 Å². The topological polar surface area (TPSA) is 21.3 Å². The molecule has 1 unspecified atom stereocenters. The van der Waals surface area contributed by atoms with Crippen molar-refractivity contribution in [3.63, 3.8) is 0 Å². The summed E-state index contributed by atoms with van der Waals surface area (Å²) in [6.07, 6.45) is 1.09. The van der Waals surface area contributed by atoms with Gasteiger partial charge in [0.25, 0.3) is 0 Å². The Morgan fingerprint density at radius 3 is 2.69 bits per heavy atom. The van der Waals surface area contributed by atoms with E-state index >= 15 is 0 Å². The summed E-state index contributed by atoms with van der Waals surface area (Å²) >= 11 is 0. The summed E-state index contributed by atoms with van der Waals surface area (Å²) in [7, 11) is 1.75. The van der Waals surface area contributed by atoms with Crippen molar-refractivity contribution in [3.05, 3.63) is 35.4 Å². The van der Waals surface area contributed by atoms with Crippen molar-refractivity contribution in [3.8, 4) is 0 Å². The van der Waals surface area contributed by atoms with E-state index in [1.54, 1.807) is 7.11 Å². The van der Waals surface area contributed by atoms with Crippen LogP contribution >= 0.6 is 0 Å². The van der Waals surface area contributed by atoms with Crippen molar-refractivity contribution < 1.29 is 4.74 Å². The van der Waals surface area contributed by atoms with Gasteiger partial charge >= 0.3 is 0 Å². The van der Waals surface area contributed by atoms with Crippen LogP contribution < -0.4 is 5.32 Å². The van der Waals surface area contributed by atoms with Gasteiger partial charge in [-0.25, -0.2) is 0 Å². The second kappa shape index (κ2) is 6.66. The van der Waals surface area contributed by atoms with Gasteiger partial charge in [-0.1, -0.05) is 36.8 Å². The Balaban J connectivity index is 2.60. The fourth-order valence-corrected chi connectivity index (χ4v) is 1.87. The maximum Gasteiger partial charge on any atom is 0.0615 e. The Kier molecular flexibility index (Phi) is 5.50. The molecular formula is C14H23NO. The predicted molar refractivity (Wildman–Crippen MR) is 68.7 cm³/mol. The van der Waals surface area contributed by atoms with Gasteiger partial charge in [0.15, 0.2) is 0 Å². The molecule has 0 amide bonds. The third-order valence-corrected chi connectivity index (χ3v) is 2.89. The summed E-state index contributed by atoms with van der Waals surface area (Å²) in [6.45, 7) is 7.28. The molecule has 0 aliphatic heterocycles. The monoisotopic (exact) mass is 221 g/mol. The highest BCUT2D eigenvalue weighted by atomic mass is 16.5. The molecule has 0 aliphatic rings. The van der Waals surface area contributed by atoms with Gasteiger partial charge in [0.1, 0.15) is 0 Å².